The first-order valence-corrected chi connectivity index (χ1v) is 6.62. The summed E-state index contributed by atoms with van der Waals surface area (Å²) < 4.78 is 0. The molecular formula is C15H19N3O2. The Bertz CT molecular complexity index is 631. The topological polar surface area (TPSA) is 79.2 Å². The molecule has 0 aliphatic rings. The molecule has 0 atom stereocenters. The highest BCUT2D eigenvalue weighted by atomic mass is 16.2. The third-order valence-electron chi connectivity index (χ3n) is 3.02. The summed E-state index contributed by atoms with van der Waals surface area (Å²) in [6.07, 6.45) is 1.83. The minimum Gasteiger partial charge on any atom is -0.368 e. The first-order valence-electron chi connectivity index (χ1n) is 6.62. The Kier molecular flexibility index (Phi) is 4.08. The summed E-state index contributed by atoms with van der Waals surface area (Å²) in [5.74, 6) is -0.392. The highest BCUT2D eigenvalue weighted by molar-refractivity contribution is 5.99. The maximum absolute atomic E-state index is 12.5. The molecule has 2 aromatic rings. The maximum Gasteiger partial charge on any atom is 0.254 e. The summed E-state index contributed by atoms with van der Waals surface area (Å²) in [6, 6.07) is 7.35. The lowest BCUT2D eigenvalue weighted by atomic mass is 10.1. The van der Waals surface area contributed by atoms with Crippen LogP contribution < -0.4 is 5.73 Å². The molecule has 0 radical (unpaired) electrons. The Morgan fingerprint density at radius 2 is 2.05 bits per heavy atom. The number of nitrogens with zero attached hydrogens (tertiary/aromatic N) is 1. The Balaban J connectivity index is 2.26. The number of carbonyl (C=O) groups excluding carboxylic acids is 2. The molecule has 0 saturated heterocycles. The molecule has 1 aromatic carbocycles. The lowest BCUT2D eigenvalue weighted by Gasteiger charge is -2.23. The smallest absolute Gasteiger partial charge is 0.254 e. The molecule has 5 heteroatoms. The number of carbonyl (C=O) groups is 2. The van der Waals surface area contributed by atoms with Crippen molar-refractivity contribution >= 4 is 22.7 Å². The van der Waals surface area contributed by atoms with Gasteiger partial charge >= 0.3 is 0 Å². The molecule has 106 valence electrons. The van der Waals surface area contributed by atoms with E-state index in [4.69, 9.17) is 5.73 Å². The quantitative estimate of drug-likeness (QED) is 0.870. The fourth-order valence-corrected chi connectivity index (χ4v) is 2.22. The van der Waals surface area contributed by atoms with Gasteiger partial charge in [0, 0.05) is 29.2 Å². The fourth-order valence-electron chi connectivity index (χ4n) is 2.22. The SMILES string of the molecule is CC(C)CN(CC(N)=O)C(=O)c1ccc2[nH]ccc2c1. The predicted molar refractivity (Wildman–Crippen MR) is 78.2 cm³/mol. The van der Waals surface area contributed by atoms with Crippen LogP contribution in [0.25, 0.3) is 10.9 Å². The van der Waals surface area contributed by atoms with Crippen LogP contribution in [0, 0.1) is 5.92 Å². The van der Waals surface area contributed by atoms with Crippen molar-refractivity contribution in [1.82, 2.24) is 9.88 Å². The zero-order valence-corrected chi connectivity index (χ0v) is 11.7. The number of aromatic nitrogens is 1. The van der Waals surface area contributed by atoms with E-state index in [9.17, 15) is 9.59 Å². The van der Waals surface area contributed by atoms with Crippen molar-refractivity contribution in [3.63, 3.8) is 0 Å². The molecule has 5 nitrogen and oxygen atoms in total. The molecule has 0 saturated carbocycles. The van der Waals surface area contributed by atoms with Gasteiger partial charge in [-0.3, -0.25) is 9.59 Å². The third kappa shape index (κ3) is 3.17. The monoisotopic (exact) mass is 273 g/mol. The van der Waals surface area contributed by atoms with Gasteiger partial charge in [0.25, 0.3) is 5.91 Å². The summed E-state index contributed by atoms with van der Waals surface area (Å²) in [4.78, 5) is 28.2. The van der Waals surface area contributed by atoms with E-state index in [0.717, 1.165) is 10.9 Å². The van der Waals surface area contributed by atoms with Crippen molar-refractivity contribution in [3.8, 4) is 0 Å². The normalized spacial score (nSPS) is 10.9. The van der Waals surface area contributed by atoms with Crippen molar-refractivity contribution in [2.75, 3.05) is 13.1 Å². The lowest BCUT2D eigenvalue weighted by Crippen LogP contribution is -2.40. The zero-order chi connectivity index (χ0) is 14.7. The number of amides is 2. The standard InChI is InChI=1S/C15H19N3O2/c1-10(2)8-18(9-14(16)19)15(20)12-3-4-13-11(7-12)5-6-17-13/h3-7,10,17H,8-9H2,1-2H3,(H2,16,19). The zero-order valence-electron chi connectivity index (χ0n) is 11.7. The van der Waals surface area contributed by atoms with Crippen LogP contribution in [0.4, 0.5) is 0 Å². The molecule has 0 spiro atoms. The lowest BCUT2D eigenvalue weighted by molar-refractivity contribution is -0.118. The number of H-pyrrole nitrogens is 1. The number of aromatic amines is 1. The van der Waals surface area contributed by atoms with Gasteiger partial charge in [-0.15, -0.1) is 0 Å². The van der Waals surface area contributed by atoms with E-state index in [1.165, 1.54) is 4.90 Å². The van der Waals surface area contributed by atoms with Crippen LogP contribution in [0.3, 0.4) is 0 Å². The van der Waals surface area contributed by atoms with Crippen LogP contribution >= 0.6 is 0 Å². The molecular weight excluding hydrogens is 254 g/mol. The first-order chi connectivity index (χ1) is 9.47. The summed E-state index contributed by atoms with van der Waals surface area (Å²) in [6.45, 7) is 4.45. The van der Waals surface area contributed by atoms with E-state index in [0.29, 0.717) is 12.1 Å². The molecule has 0 unspecified atom stereocenters. The average Bonchev–Trinajstić information content (AvgIpc) is 2.83. The van der Waals surface area contributed by atoms with Gasteiger partial charge in [0.2, 0.25) is 5.91 Å². The Hall–Kier alpha value is -2.30. The number of fused-ring (bicyclic) bond motifs is 1. The molecule has 2 rings (SSSR count). The highest BCUT2D eigenvalue weighted by Gasteiger charge is 2.19. The molecule has 2 amide bonds. The minimum atomic E-state index is -0.498. The molecule has 0 bridgehead atoms. The largest absolute Gasteiger partial charge is 0.368 e. The van der Waals surface area contributed by atoms with Crippen LogP contribution in [0.2, 0.25) is 0 Å². The molecule has 0 aliphatic heterocycles. The van der Waals surface area contributed by atoms with Crippen molar-refractivity contribution in [2.45, 2.75) is 13.8 Å². The van der Waals surface area contributed by atoms with Gasteiger partial charge in [0.1, 0.15) is 0 Å². The highest BCUT2D eigenvalue weighted by Crippen LogP contribution is 2.16. The van der Waals surface area contributed by atoms with Gasteiger partial charge in [-0.1, -0.05) is 13.8 Å². The Labute approximate surface area is 117 Å². The number of rotatable bonds is 5. The predicted octanol–water partition coefficient (Wildman–Crippen LogP) is 1.75. The molecule has 0 fully saturated rings. The van der Waals surface area contributed by atoms with Crippen LogP contribution in [0.1, 0.15) is 24.2 Å². The van der Waals surface area contributed by atoms with E-state index >= 15 is 0 Å². The molecule has 1 aromatic heterocycles. The summed E-state index contributed by atoms with van der Waals surface area (Å²) in [7, 11) is 0. The van der Waals surface area contributed by atoms with Gasteiger partial charge in [0.15, 0.2) is 0 Å². The van der Waals surface area contributed by atoms with Crippen molar-refractivity contribution in [2.24, 2.45) is 11.7 Å². The number of nitrogens with two attached hydrogens (primary N) is 1. The fraction of sp³-hybridized carbons (Fsp3) is 0.333. The number of hydrogen-bond acceptors (Lipinski definition) is 2. The second-order valence-corrected chi connectivity index (χ2v) is 5.33. The molecule has 20 heavy (non-hydrogen) atoms. The van der Waals surface area contributed by atoms with Crippen molar-refractivity contribution in [3.05, 3.63) is 36.0 Å². The molecule has 3 N–H and O–H groups in total. The average molecular weight is 273 g/mol. The maximum atomic E-state index is 12.5. The van der Waals surface area contributed by atoms with Crippen LogP contribution in [0.15, 0.2) is 30.5 Å². The van der Waals surface area contributed by atoms with Gasteiger partial charge in [-0.2, -0.15) is 0 Å². The van der Waals surface area contributed by atoms with Gasteiger partial charge < -0.3 is 15.6 Å². The van der Waals surface area contributed by atoms with E-state index < -0.39 is 5.91 Å². The second kappa shape index (κ2) is 5.77. The summed E-state index contributed by atoms with van der Waals surface area (Å²) in [5, 5.41) is 0.972. The van der Waals surface area contributed by atoms with E-state index in [1.807, 2.05) is 38.2 Å². The van der Waals surface area contributed by atoms with Crippen LogP contribution in [0.5, 0.6) is 0 Å². The number of primary amides is 1. The van der Waals surface area contributed by atoms with E-state index in [2.05, 4.69) is 4.98 Å². The van der Waals surface area contributed by atoms with Crippen molar-refractivity contribution < 1.29 is 9.59 Å². The van der Waals surface area contributed by atoms with Crippen LogP contribution in [-0.4, -0.2) is 34.8 Å². The minimum absolute atomic E-state index is 0.0534. The number of benzene rings is 1. The summed E-state index contributed by atoms with van der Waals surface area (Å²) >= 11 is 0. The Morgan fingerprint density at radius 3 is 2.70 bits per heavy atom. The number of nitrogens with one attached hydrogen (secondary N) is 1. The summed E-state index contributed by atoms with van der Waals surface area (Å²) in [5.41, 5.74) is 6.77. The Morgan fingerprint density at radius 1 is 1.30 bits per heavy atom. The van der Waals surface area contributed by atoms with E-state index in [-0.39, 0.29) is 18.4 Å². The van der Waals surface area contributed by atoms with Gasteiger partial charge in [0.05, 0.1) is 6.54 Å². The molecule has 0 aliphatic carbocycles. The van der Waals surface area contributed by atoms with Crippen molar-refractivity contribution in [1.29, 1.82) is 0 Å². The van der Waals surface area contributed by atoms with E-state index in [1.54, 1.807) is 6.07 Å². The third-order valence-corrected chi connectivity index (χ3v) is 3.02. The number of hydrogen-bond donors (Lipinski definition) is 2. The molecule has 1 heterocycles. The first kappa shape index (κ1) is 14.1. The van der Waals surface area contributed by atoms with Crippen LogP contribution in [-0.2, 0) is 4.79 Å². The second-order valence-electron chi connectivity index (χ2n) is 5.33. The van der Waals surface area contributed by atoms with Gasteiger partial charge in [-0.05, 0) is 30.2 Å². The van der Waals surface area contributed by atoms with Gasteiger partial charge in [-0.25, -0.2) is 0 Å².